The van der Waals surface area contributed by atoms with Crippen LogP contribution in [0.5, 0.6) is 0 Å². The van der Waals surface area contributed by atoms with Gasteiger partial charge in [-0.05, 0) is 6.26 Å². The first-order valence-corrected chi connectivity index (χ1v) is 34.0. The number of carbonyl (C=O) groups excluding carboxylic acids is 4. The van der Waals surface area contributed by atoms with Gasteiger partial charge in [0.1, 0.15) is 0 Å². The molecule has 28 nitrogen and oxygen atoms in total. The number of aliphatic hydroxyl groups excluding tert-OH is 6. The van der Waals surface area contributed by atoms with Crippen LogP contribution < -0.4 is 0 Å². The van der Waals surface area contributed by atoms with E-state index in [0.717, 1.165) is 104 Å². The fourth-order valence-electron chi connectivity index (χ4n) is 13.2. The number of rotatable bonds is 41. The first-order valence-electron chi connectivity index (χ1n) is 33.6. The Balaban J connectivity index is 0.00000507. The van der Waals surface area contributed by atoms with Crippen molar-refractivity contribution in [3.8, 4) is 0 Å². The van der Waals surface area contributed by atoms with E-state index in [1.54, 1.807) is 14.7 Å². The fourth-order valence-corrected chi connectivity index (χ4v) is 13.6. The zero-order valence-electron chi connectivity index (χ0n) is 55.9. The van der Waals surface area contributed by atoms with Gasteiger partial charge >= 0.3 is 5.97 Å². The summed E-state index contributed by atoms with van der Waals surface area (Å²) in [6, 6.07) is 0. The number of hydrogen-bond acceptors (Lipinski definition) is 26. The second-order valence-corrected chi connectivity index (χ2v) is 26.8. The molecule has 9 atom stereocenters. The van der Waals surface area contributed by atoms with Gasteiger partial charge in [-0.1, -0.05) is 0 Å². The minimum absolute atomic E-state index is 0. The summed E-state index contributed by atoms with van der Waals surface area (Å²) >= 11 is 1.84. The molecule has 6 N–H and O–H groups in total. The Kier molecular flexibility index (Phi) is 31.4. The van der Waals surface area contributed by atoms with Crippen LogP contribution in [0.2, 0.25) is 0 Å². The van der Waals surface area contributed by atoms with Crippen molar-refractivity contribution in [3.63, 3.8) is 0 Å². The van der Waals surface area contributed by atoms with Crippen molar-refractivity contribution >= 4 is 35.5 Å². The summed E-state index contributed by atoms with van der Waals surface area (Å²) in [4.78, 5) is 73.5. The zero-order valence-corrected chi connectivity index (χ0v) is 54.7. The third-order valence-corrected chi connectivity index (χ3v) is 19.4. The summed E-state index contributed by atoms with van der Waals surface area (Å²) in [7, 11) is 4.23. The van der Waals surface area contributed by atoms with E-state index in [-0.39, 0.29) is 109 Å². The third-order valence-electron chi connectivity index (χ3n) is 18.8. The van der Waals surface area contributed by atoms with Gasteiger partial charge in [0.2, 0.25) is 17.7 Å². The van der Waals surface area contributed by atoms with E-state index in [4.69, 9.17) is 36.1 Å². The van der Waals surface area contributed by atoms with E-state index >= 15 is 0 Å². The van der Waals surface area contributed by atoms with Crippen LogP contribution in [0, 0.1) is 23.2 Å². The number of methoxy groups -OCH3 is 3. The van der Waals surface area contributed by atoms with Gasteiger partial charge in [-0.2, -0.15) is 11.8 Å². The van der Waals surface area contributed by atoms with Crippen LogP contribution >= 0.6 is 11.8 Å². The second kappa shape index (κ2) is 38.7. The molecule has 7 aliphatic heterocycles. The average Bonchev–Trinajstić information content (AvgIpc) is 1.89. The van der Waals surface area contributed by atoms with Crippen LogP contribution in [-0.2, 0) is 52.3 Å². The number of likely N-dealkylation sites (tertiary alicyclic amines) is 3. The van der Waals surface area contributed by atoms with E-state index in [0.29, 0.717) is 98.2 Å². The van der Waals surface area contributed by atoms with Crippen molar-refractivity contribution in [2.75, 3.05) is 283 Å². The summed E-state index contributed by atoms with van der Waals surface area (Å²) in [6.45, 7) is 20.6. The van der Waals surface area contributed by atoms with Gasteiger partial charge in [0.05, 0.1) is 95.7 Å². The van der Waals surface area contributed by atoms with Crippen molar-refractivity contribution in [2.45, 2.75) is 56.3 Å². The molecular formula is C60H115N11O17S. The summed E-state index contributed by atoms with van der Waals surface area (Å²) in [5.74, 6) is -0.149. The molecule has 518 valence electrons. The molecule has 0 aromatic carbocycles. The van der Waals surface area contributed by atoms with E-state index < -0.39 is 48.3 Å². The molecule has 0 saturated carbocycles. The first kappa shape index (κ1) is 72.3. The van der Waals surface area contributed by atoms with Crippen molar-refractivity contribution < 1.29 is 87.4 Å². The van der Waals surface area contributed by atoms with Crippen LogP contribution in [0.15, 0.2) is 0 Å². The number of thioether (sulfide) groups is 1. The van der Waals surface area contributed by atoms with E-state index in [1.807, 2.05) is 11.8 Å². The van der Waals surface area contributed by atoms with Crippen LogP contribution in [-0.4, -0.2) is 428 Å². The minimum Gasteiger partial charge on any atom is -0.469 e. The van der Waals surface area contributed by atoms with E-state index in [2.05, 4.69) is 45.5 Å². The molecule has 0 aliphatic carbocycles. The number of nitrogens with zero attached hydrogens (tertiary/aromatic N) is 11. The Morgan fingerprint density at radius 1 is 0.472 bits per heavy atom. The lowest BCUT2D eigenvalue weighted by molar-refractivity contribution is -0.145. The highest BCUT2D eigenvalue weighted by atomic mass is 32.2. The molecule has 0 aromatic rings. The van der Waals surface area contributed by atoms with Gasteiger partial charge in [-0.15, -0.1) is 0 Å². The van der Waals surface area contributed by atoms with Gasteiger partial charge in [0, 0.05) is 252 Å². The zero-order chi connectivity index (χ0) is 65.7. The number of β-amino-alcohol motifs (C(OH)–C–C–N with tert-alkyl or cyclic N) is 4. The molecule has 29 heteroatoms. The molecule has 7 fully saturated rings. The fraction of sp³-hybridized carbons (Fsp3) is 0.933. The maximum Gasteiger partial charge on any atom is 0.310 e. The normalized spacial score (nSPS) is 26.0. The van der Waals surface area contributed by atoms with Crippen molar-refractivity contribution in [1.82, 2.24) is 53.9 Å². The molecule has 9 unspecified atom stereocenters. The minimum atomic E-state index is -0.991. The predicted octanol–water partition coefficient (Wildman–Crippen LogP) is -4.54. The Morgan fingerprint density at radius 2 is 0.764 bits per heavy atom. The highest BCUT2D eigenvalue weighted by Crippen LogP contribution is 2.26. The standard InChI is InChI=1S/C60H111N11O17S.2H2/c1-82-57(79)47-29-54(76)69(32-47)24-21-61-5-13-65(14-6-61)35-50(72)39-85-43-60(46-88-42-53(75)38-68-19-11-64(12-20-68)27-28-89-4,44-86-40-51(73)36-66-15-7-62(8-16-66)22-25-70-33-48(30-55(70)77)58(80)83-2)45-87-41-52(74)37-67-17-9-63(10-18-67)23-26-71-34-49(31-56(71)78)59(81)84-3;;/h47-53,57-58,72-75,79-80H,5-46H2,1-4H3;2*1H/i;1+2D;1+2. The topological polar surface area (TPSA) is 290 Å². The molecule has 0 radical (unpaired) electrons. The SMILES string of the molecule is COC(=O)C1CC(=O)N(CCN2CCN(CC(O)COCC(COCC(O)CN3CCN(CCSC)CC3)(COCC(O)CN3CCN(CCN4CC(C(O)OC)CC4=O)CC3)COCC(O)CN3CCN(CCN4CC(C(O)OC)CC4=O)CC3)CC2)C1.[2H][3H].[3HH]. The Hall–Kier alpha value is -2.57. The van der Waals surface area contributed by atoms with Crippen LogP contribution in [0.1, 0.15) is 23.7 Å². The number of esters is 1. The van der Waals surface area contributed by atoms with Gasteiger partial charge < -0.3 is 78.5 Å². The monoisotopic (exact) mass is 1300 g/mol. The van der Waals surface area contributed by atoms with E-state index in [9.17, 15) is 49.8 Å². The maximum atomic E-state index is 12.6. The van der Waals surface area contributed by atoms with E-state index in [1.165, 1.54) is 21.3 Å². The molecule has 0 bridgehead atoms. The molecule has 89 heavy (non-hydrogen) atoms. The quantitative estimate of drug-likeness (QED) is 0.0248. The van der Waals surface area contributed by atoms with Crippen molar-refractivity contribution in [1.29, 1.82) is 0 Å². The van der Waals surface area contributed by atoms with Gasteiger partial charge in [-0.25, -0.2) is 0 Å². The van der Waals surface area contributed by atoms with Gasteiger partial charge in [0.25, 0.3) is 0 Å². The van der Waals surface area contributed by atoms with Gasteiger partial charge in [0.15, 0.2) is 12.6 Å². The maximum absolute atomic E-state index is 12.6. The second-order valence-electron chi connectivity index (χ2n) is 25.9. The van der Waals surface area contributed by atoms with Crippen molar-refractivity contribution in [2.24, 2.45) is 23.2 Å². The van der Waals surface area contributed by atoms with Crippen LogP contribution in [0.25, 0.3) is 0 Å². The number of aliphatic hydroxyl groups is 6. The lowest BCUT2D eigenvalue weighted by Gasteiger charge is -2.37. The number of amides is 3. The van der Waals surface area contributed by atoms with Crippen LogP contribution in [0.4, 0.5) is 0 Å². The third kappa shape index (κ3) is 24.9. The summed E-state index contributed by atoms with van der Waals surface area (Å²) in [6.07, 6.45) is -2.33. The van der Waals surface area contributed by atoms with Crippen LogP contribution in [0.3, 0.4) is 0 Å². The Bertz CT molecular complexity index is 2000. The highest BCUT2D eigenvalue weighted by Gasteiger charge is 2.39. The number of hydrogen-bond donors (Lipinski definition) is 6. The molecule has 3 amide bonds. The summed E-state index contributed by atoms with van der Waals surface area (Å²) in [5, 5.41) is 66.0. The molecule has 7 rings (SSSR count). The lowest BCUT2D eigenvalue weighted by atomic mass is 9.92. The summed E-state index contributed by atoms with van der Waals surface area (Å²) in [5.41, 5.74) is -0.991. The molecule has 7 heterocycles. The molecule has 7 aliphatic rings. The Morgan fingerprint density at radius 3 is 1.07 bits per heavy atom. The molecule has 0 aromatic heterocycles. The smallest absolute Gasteiger partial charge is 0.310 e. The number of carbonyl (C=O) groups is 4. The van der Waals surface area contributed by atoms with Crippen molar-refractivity contribution in [3.05, 3.63) is 0 Å². The largest absolute Gasteiger partial charge is 0.469 e. The summed E-state index contributed by atoms with van der Waals surface area (Å²) < 4.78 is 50.6. The number of ether oxygens (including phenoxy) is 7. The molecular weight excluding hydrogens is 1180 g/mol. The van der Waals surface area contributed by atoms with Gasteiger partial charge in [-0.3, -0.25) is 58.4 Å². The average molecular weight is 1300 g/mol. The lowest BCUT2D eigenvalue weighted by Crippen LogP contribution is -2.51. The first-order chi connectivity index (χ1) is 43.9. The molecule has 7 saturated heterocycles. The highest BCUT2D eigenvalue weighted by molar-refractivity contribution is 7.98. The predicted molar refractivity (Wildman–Crippen MR) is 336 cm³/mol. The Labute approximate surface area is 536 Å². The number of piperazine rings is 4. The molecule has 0 spiro atoms.